The largest absolute Gasteiger partial charge is 0.335 e. The Kier molecular flexibility index (Phi) is 6.15. The Morgan fingerprint density at radius 1 is 1.08 bits per heavy atom. The maximum absolute atomic E-state index is 13.1. The Hall–Kier alpha value is -2.25. The number of hydrogen-bond acceptors (Lipinski definition) is 3. The van der Waals surface area contributed by atoms with Gasteiger partial charge in [0, 0.05) is 18.7 Å². The van der Waals surface area contributed by atoms with E-state index >= 15 is 0 Å². The van der Waals surface area contributed by atoms with Crippen LogP contribution in [0.4, 0.5) is 4.39 Å². The van der Waals surface area contributed by atoms with Crippen molar-refractivity contribution in [1.82, 2.24) is 9.62 Å². The fourth-order valence-corrected chi connectivity index (χ4v) is 3.82. The van der Waals surface area contributed by atoms with Gasteiger partial charge in [-0.05, 0) is 56.7 Å². The van der Waals surface area contributed by atoms with Crippen LogP contribution in [0.15, 0.2) is 53.4 Å². The summed E-state index contributed by atoms with van der Waals surface area (Å²) in [5, 5.41) is 0. The number of halogens is 1. The van der Waals surface area contributed by atoms with Crippen molar-refractivity contribution in [1.29, 1.82) is 0 Å². The van der Waals surface area contributed by atoms with Crippen LogP contribution in [0.2, 0.25) is 0 Å². The lowest BCUT2D eigenvalue weighted by atomic mass is 10.1. The number of carbonyl (C=O) groups excluding carboxylic acids is 1. The third kappa shape index (κ3) is 4.68. The van der Waals surface area contributed by atoms with Gasteiger partial charge in [0.25, 0.3) is 5.91 Å². The fourth-order valence-electron chi connectivity index (χ4n) is 2.52. The van der Waals surface area contributed by atoms with Crippen molar-refractivity contribution in [3.05, 3.63) is 65.5 Å². The highest BCUT2D eigenvalue weighted by Gasteiger charge is 2.22. The molecule has 0 aromatic heterocycles. The Balaban J connectivity index is 2.26. The van der Waals surface area contributed by atoms with Crippen LogP contribution in [0, 0.1) is 5.82 Å². The molecule has 2 aromatic carbocycles. The molecule has 1 unspecified atom stereocenters. The van der Waals surface area contributed by atoms with E-state index in [1.165, 1.54) is 29.2 Å². The lowest BCUT2D eigenvalue weighted by Crippen LogP contribution is -2.31. The third-order valence-corrected chi connectivity index (χ3v) is 5.69. The van der Waals surface area contributed by atoms with Crippen LogP contribution in [0.3, 0.4) is 0 Å². The zero-order valence-corrected chi connectivity index (χ0v) is 16.0. The van der Waals surface area contributed by atoms with E-state index in [9.17, 15) is 17.6 Å². The topological polar surface area (TPSA) is 66.5 Å². The van der Waals surface area contributed by atoms with Crippen LogP contribution < -0.4 is 4.72 Å². The number of amides is 1. The highest BCUT2D eigenvalue weighted by molar-refractivity contribution is 7.89. The summed E-state index contributed by atoms with van der Waals surface area (Å²) in [4.78, 5) is 14.3. The van der Waals surface area contributed by atoms with Crippen molar-refractivity contribution >= 4 is 15.9 Å². The molecule has 0 aliphatic rings. The molecule has 26 heavy (non-hydrogen) atoms. The van der Waals surface area contributed by atoms with Gasteiger partial charge < -0.3 is 4.90 Å². The van der Waals surface area contributed by atoms with Crippen LogP contribution >= 0.6 is 0 Å². The molecule has 5 nitrogen and oxygen atoms in total. The number of carbonyl (C=O) groups is 1. The first-order valence-corrected chi connectivity index (χ1v) is 9.75. The van der Waals surface area contributed by atoms with Gasteiger partial charge in [0.15, 0.2) is 0 Å². The summed E-state index contributed by atoms with van der Waals surface area (Å²) in [5.41, 5.74) is 1.06. The quantitative estimate of drug-likeness (QED) is 0.838. The number of rotatable bonds is 6. The van der Waals surface area contributed by atoms with E-state index in [0.717, 1.165) is 5.56 Å². The lowest BCUT2D eigenvalue weighted by molar-refractivity contribution is 0.0742. The second-order valence-electron chi connectivity index (χ2n) is 6.45. The van der Waals surface area contributed by atoms with Gasteiger partial charge in [-0.25, -0.2) is 17.5 Å². The van der Waals surface area contributed by atoms with Crippen molar-refractivity contribution < 1.29 is 17.6 Å². The molecule has 0 saturated heterocycles. The number of nitrogens with zero attached hydrogens (tertiary/aromatic N) is 1. The molecule has 0 saturated carbocycles. The molecule has 0 radical (unpaired) electrons. The van der Waals surface area contributed by atoms with Crippen molar-refractivity contribution in [2.45, 2.75) is 37.8 Å². The molecule has 0 fully saturated rings. The van der Waals surface area contributed by atoms with Gasteiger partial charge >= 0.3 is 0 Å². The van der Waals surface area contributed by atoms with E-state index in [0.29, 0.717) is 0 Å². The monoisotopic (exact) mass is 378 g/mol. The molecule has 2 rings (SSSR count). The van der Waals surface area contributed by atoms with Crippen molar-refractivity contribution in [2.24, 2.45) is 0 Å². The average molecular weight is 378 g/mol. The highest BCUT2D eigenvalue weighted by Crippen LogP contribution is 2.22. The molecule has 7 heteroatoms. The van der Waals surface area contributed by atoms with Gasteiger partial charge in [-0.3, -0.25) is 4.79 Å². The number of sulfonamides is 1. The normalized spacial score (nSPS) is 12.8. The minimum absolute atomic E-state index is 0.0416. The van der Waals surface area contributed by atoms with Gasteiger partial charge in [0.1, 0.15) is 5.82 Å². The molecular weight excluding hydrogens is 355 g/mol. The predicted molar refractivity (Wildman–Crippen MR) is 98.8 cm³/mol. The van der Waals surface area contributed by atoms with Crippen molar-refractivity contribution in [3.8, 4) is 0 Å². The van der Waals surface area contributed by atoms with Gasteiger partial charge in [-0.2, -0.15) is 0 Å². The second kappa shape index (κ2) is 7.97. The molecule has 1 atom stereocenters. The van der Waals surface area contributed by atoms with E-state index in [1.807, 2.05) is 6.92 Å². The summed E-state index contributed by atoms with van der Waals surface area (Å²) in [7, 11) is -2.05. The summed E-state index contributed by atoms with van der Waals surface area (Å²) in [6, 6.07) is 11.3. The molecule has 0 aliphatic heterocycles. The van der Waals surface area contributed by atoms with Crippen molar-refractivity contribution in [2.75, 3.05) is 7.05 Å². The van der Waals surface area contributed by atoms with Gasteiger partial charge in [0.2, 0.25) is 10.0 Å². The molecule has 0 aliphatic carbocycles. The third-order valence-electron chi connectivity index (χ3n) is 4.04. The van der Waals surface area contributed by atoms with Crippen LogP contribution in [0.25, 0.3) is 0 Å². The smallest absolute Gasteiger partial charge is 0.254 e. The van der Waals surface area contributed by atoms with E-state index in [1.54, 1.807) is 45.2 Å². The van der Waals surface area contributed by atoms with Crippen molar-refractivity contribution in [3.63, 3.8) is 0 Å². The minimum atomic E-state index is -3.68. The molecule has 0 spiro atoms. The molecule has 1 N–H and O–H groups in total. The Bertz CT molecular complexity index is 880. The van der Waals surface area contributed by atoms with E-state index in [4.69, 9.17) is 0 Å². The molecule has 0 bridgehead atoms. The SMILES string of the molecule is CC(C)NS(=O)(=O)c1cccc(C(=O)N(C)C(C)c2ccc(F)cc2)c1. The van der Waals surface area contributed by atoms with E-state index in [2.05, 4.69) is 4.72 Å². The summed E-state index contributed by atoms with van der Waals surface area (Å²) >= 11 is 0. The Morgan fingerprint density at radius 3 is 2.27 bits per heavy atom. The zero-order chi connectivity index (χ0) is 19.5. The van der Waals surface area contributed by atoms with Gasteiger partial charge in [-0.15, -0.1) is 0 Å². The second-order valence-corrected chi connectivity index (χ2v) is 8.16. The average Bonchev–Trinajstić information content (AvgIpc) is 2.59. The van der Waals surface area contributed by atoms with Gasteiger partial charge in [0.05, 0.1) is 10.9 Å². The highest BCUT2D eigenvalue weighted by atomic mass is 32.2. The fraction of sp³-hybridized carbons (Fsp3) is 0.316. The first-order valence-electron chi connectivity index (χ1n) is 8.27. The van der Waals surface area contributed by atoms with E-state index in [-0.39, 0.29) is 34.3 Å². The number of hydrogen-bond donors (Lipinski definition) is 1. The molecule has 140 valence electrons. The Labute approximate surface area is 153 Å². The zero-order valence-electron chi connectivity index (χ0n) is 15.2. The molecular formula is C19H23FN2O3S. The summed E-state index contributed by atoms with van der Waals surface area (Å²) in [6.07, 6.45) is 0. The summed E-state index contributed by atoms with van der Waals surface area (Å²) in [6.45, 7) is 5.28. The standard InChI is InChI=1S/C19H23FN2O3S/c1-13(2)21-26(24,25)18-7-5-6-16(12-18)19(23)22(4)14(3)15-8-10-17(20)11-9-15/h5-14,21H,1-4H3. The maximum Gasteiger partial charge on any atom is 0.254 e. The first-order chi connectivity index (χ1) is 12.1. The van der Waals surface area contributed by atoms with Crippen LogP contribution in [-0.4, -0.2) is 32.3 Å². The number of benzene rings is 2. The predicted octanol–water partition coefficient (Wildman–Crippen LogP) is 3.35. The summed E-state index contributed by atoms with van der Waals surface area (Å²) < 4.78 is 40.2. The molecule has 1 amide bonds. The van der Waals surface area contributed by atoms with Crippen LogP contribution in [-0.2, 0) is 10.0 Å². The van der Waals surface area contributed by atoms with Crippen LogP contribution in [0.5, 0.6) is 0 Å². The molecule has 2 aromatic rings. The van der Waals surface area contributed by atoms with E-state index < -0.39 is 10.0 Å². The maximum atomic E-state index is 13.1. The molecule has 0 heterocycles. The first kappa shape index (κ1) is 20.1. The lowest BCUT2D eigenvalue weighted by Gasteiger charge is -2.25. The van der Waals surface area contributed by atoms with Crippen LogP contribution in [0.1, 0.15) is 42.7 Å². The minimum Gasteiger partial charge on any atom is -0.335 e. The van der Waals surface area contributed by atoms with Gasteiger partial charge in [-0.1, -0.05) is 18.2 Å². The Morgan fingerprint density at radius 2 is 1.69 bits per heavy atom. The number of nitrogens with one attached hydrogen (secondary N) is 1. The summed E-state index contributed by atoms with van der Waals surface area (Å²) in [5.74, 6) is -0.658.